The number of hydrogen-bond donors (Lipinski definition) is 0. The van der Waals surface area contributed by atoms with Crippen LogP contribution in [0.15, 0.2) is 60.9 Å². The molecule has 0 N–H and O–H groups in total. The molecule has 2 aliphatic rings. The third-order valence-electron chi connectivity index (χ3n) is 5.52. The third-order valence-corrected chi connectivity index (χ3v) is 5.52. The first kappa shape index (κ1) is 16.0. The van der Waals surface area contributed by atoms with Gasteiger partial charge in [-0.3, -0.25) is 9.80 Å². The Kier molecular flexibility index (Phi) is 4.21. The van der Waals surface area contributed by atoms with Crippen LogP contribution < -0.4 is 0 Å². The molecule has 134 valence electrons. The first-order chi connectivity index (χ1) is 12.8. The predicted octanol–water partition coefficient (Wildman–Crippen LogP) is 2.42. The molecule has 5 heteroatoms. The van der Waals surface area contributed by atoms with Gasteiger partial charge in [0.15, 0.2) is 0 Å². The minimum absolute atomic E-state index is 0.310. The van der Waals surface area contributed by atoms with Crippen molar-refractivity contribution < 1.29 is 4.74 Å². The first-order valence-electron chi connectivity index (χ1n) is 9.40. The fourth-order valence-corrected chi connectivity index (χ4v) is 4.27. The van der Waals surface area contributed by atoms with Crippen molar-refractivity contribution in [2.45, 2.75) is 25.2 Å². The highest BCUT2D eigenvalue weighted by atomic mass is 16.5. The molecule has 2 saturated heterocycles. The monoisotopic (exact) mass is 348 g/mol. The molecule has 2 aliphatic heterocycles. The molecular formula is C21H24N4O. The number of hydrogen-bond acceptors (Lipinski definition) is 4. The molecule has 0 unspecified atom stereocenters. The Balaban J connectivity index is 1.28. The molecule has 1 aromatic carbocycles. The van der Waals surface area contributed by atoms with E-state index in [1.165, 1.54) is 5.56 Å². The summed E-state index contributed by atoms with van der Waals surface area (Å²) < 4.78 is 8.18. The summed E-state index contributed by atoms with van der Waals surface area (Å²) in [6.45, 7) is 5.77. The van der Waals surface area contributed by atoms with Gasteiger partial charge >= 0.3 is 0 Å². The van der Waals surface area contributed by atoms with Crippen molar-refractivity contribution >= 4 is 5.65 Å². The van der Waals surface area contributed by atoms with Gasteiger partial charge in [-0.1, -0.05) is 36.4 Å². The highest BCUT2D eigenvalue weighted by molar-refractivity contribution is 5.39. The Morgan fingerprint density at radius 1 is 1.00 bits per heavy atom. The van der Waals surface area contributed by atoms with Gasteiger partial charge in [-0.2, -0.15) is 0 Å². The maximum Gasteiger partial charge on any atom is 0.137 e. The first-order valence-corrected chi connectivity index (χ1v) is 9.40. The minimum Gasteiger partial charge on any atom is -0.374 e. The van der Waals surface area contributed by atoms with Crippen molar-refractivity contribution in [2.24, 2.45) is 0 Å². The van der Waals surface area contributed by atoms with Crippen LogP contribution in [-0.4, -0.2) is 57.6 Å². The van der Waals surface area contributed by atoms with Crippen LogP contribution in [0.1, 0.15) is 11.3 Å². The molecule has 2 atom stereocenters. The molecule has 0 saturated carbocycles. The number of ether oxygens (including phenoxy) is 1. The lowest BCUT2D eigenvalue weighted by Crippen LogP contribution is -2.50. The maximum absolute atomic E-state index is 6.09. The van der Waals surface area contributed by atoms with Gasteiger partial charge in [0, 0.05) is 45.1 Å². The van der Waals surface area contributed by atoms with Gasteiger partial charge in [0.2, 0.25) is 0 Å². The molecule has 0 amide bonds. The van der Waals surface area contributed by atoms with Gasteiger partial charge in [-0.25, -0.2) is 4.98 Å². The van der Waals surface area contributed by atoms with Crippen LogP contribution >= 0.6 is 0 Å². The quantitative estimate of drug-likeness (QED) is 0.725. The van der Waals surface area contributed by atoms with Crippen LogP contribution in [0, 0.1) is 0 Å². The Bertz CT molecular complexity index is 845. The molecule has 2 aromatic heterocycles. The lowest BCUT2D eigenvalue weighted by atomic mass is 10.1. The summed E-state index contributed by atoms with van der Waals surface area (Å²) in [5, 5.41) is 0. The van der Waals surface area contributed by atoms with Crippen LogP contribution in [0.3, 0.4) is 0 Å². The smallest absolute Gasteiger partial charge is 0.137 e. The van der Waals surface area contributed by atoms with Crippen molar-refractivity contribution in [2.75, 3.05) is 26.2 Å². The van der Waals surface area contributed by atoms with Gasteiger partial charge in [-0.15, -0.1) is 0 Å². The number of nitrogens with zero attached hydrogens (tertiary/aromatic N) is 4. The van der Waals surface area contributed by atoms with Gasteiger partial charge in [-0.05, 0) is 17.7 Å². The number of imidazole rings is 1. The van der Waals surface area contributed by atoms with E-state index in [4.69, 9.17) is 9.72 Å². The zero-order valence-electron chi connectivity index (χ0n) is 14.9. The molecule has 0 spiro atoms. The van der Waals surface area contributed by atoms with Crippen molar-refractivity contribution in [3.63, 3.8) is 0 Å². The fourth-order valence-electron chi connectivity index (χ4n) is 4.27. The Morgan fingerprint density at radius 3 is 2.77 bits per heavy atom. The standard InChI is InChI=1S/C21H24N4O/c1-2-6-17(7-3-1)12-24-10-11-26-20-16-23(15-19(20)24)13-18-14-25-9-5-4-8-21(25)22-18/h1-9,14,19-20H,10-13,15-16H2/t19-,20+/m0/s1. The number of fused-ring (bicyclic) bond motifs is 2. The summed E-state index contributed by atoms with van der Waals surface area (Å²) in [6.07, 6.45) is 4.50. The molecule has 0 bridgehead atoms. The summed E-state index contributed by atoms with van der Waals surface area (Å²) in [5.74, 6) is 0. The molecule has 3 aromatic rings. The molecule has 5 rings (SSSR count). The van der Waals surface area contributed by atoms with Gasteiger partial charge in [0.25, 0.3) is 0 Å². The Morgan fingerprint density at radius 2 is 1.88 bits per heavy atom. The highest BCUT2D eigenvalue weighted by Gasteiger charge is 2.40. The van der Waals surface area contributed by atoms with E-state index in [2.05, 4.69) is 63.0 Å². The van der Waals surface area contributed by atoms with E-state index in [-0.39, 0.29) is 0 Å². The SMILES string of the molecule is c1ccc(CN2CCO[C@@H]3CN(Cc4cn5ccccc5n4)C[C@@H]32)cc1. The second kappa shape index (κ2) is 6.83. The minimum atomic E-state index is 0.310. The van der Waals surface area contributed by atoms with Crippen molar-refractivity contribution in [3.8, 4) is 0 Å². The van der Waals surface area contributed by atoms with E-state index >= 15 is 0 Å². The van der Waals surface area contributed by atoms with Crippen LogP contribution in [0.25, 0.3) is 5.65 Å². The summed E-state index contributed by atoms with van der Waals surface area (Å²) >= 11 is 0. The van der Waals surface area contributed by atoms with E-state index in [9.17, 15) is 0 Å². The van der Waals surface area contributed by atoms with E-state index in [1.807, 2.05) is 12.1 Å². The summed E-state index contributed by atoms with van der Waals surface area (Å²) in [5.41, 5.74) is 3.53. The second-order valence-corrected chi connectivity index (χ2v) is 7.33. The van der Waals surface area contributed by atoms with Crippen molar-refractivity contribution in [3.05, 3.63) is 72.2 Å². The van der Waals surface area contributed by atoms with Gasteiger partial charge in [0.05, 0.1) is 24.4 Å². The van der Waals surface area contributed by atoms with E-state index in [0.717, 1.165) is 50.7 Å². The van der Waals surface area contributed by atoms with Crippen molar-refractivity contribution in [1.29, 1.82) is 0 Å². The van der Waals surface area contributed by atoms with E-state index in [0.29, 0.717) is 12.1 Å². The van der Waals surface area contributed by atoms with E-state index in [1.54, 1.807) is 0 Å². The number of morpholine rings is 1. The predicted molar refractivity (Wildman–Crippen MR) is 101 cm³/mol. The van der Waals surface area contributed by atoms with Crippen LogP contribution in [-0.2, 0) is 17.8 Å². The molecule has 2 fully saturated rings. The zero-order valence-corrected chi connectivity index (χ0v) is 14.9. The summed E-state index contributed by atoms with van der Waals surface area (Å²) in [4.78, 5) is 9.82. The topological polar surface area (TPSA) is 33.0 Å². The zero-order chi connectivity index (χ0) is 17.3. The van der Waals surface area contributed by atoms with Crippen molar-refractivity contribution in [1.82, 2.24) is 19.2 Å². The molecule has 0 aliphatic carbocycles. The van der Waals surface area contributed by atoms with Crippen LogP contribution in [0.2, 0.25) is 0 Å². The fraction of sp³-hybridized carbons (Fsp3) is 0.381. The summed E-state index contributed by atoms with van der Waals surface area (Å²) in [6, 6.07) is 17.4. The number of rotatable bonds is 4. The second-order valence-electron chi connectivity index (χ2n) is 7.33. The number of aromatic nitrogens is 2. The molecule has 4 heterocycles. The summed E-state index contributed by atoms with van der Waals surface area (Å²) in [7, 11) is 0. The average Bonchev–Trinajstić information content (AvgIpc) is 3.26. The average molecular weight is 348 g/mol. The lowest BCUT2D eigenvalue weighted by molar-refractivity contribution is -0.0504. The Hall–Kier alpha value is -2.21. The van der Waals surface area contributed by atoms with Crippen LogP contribution in [0.4, 0.5) is 0 Å². The molecule has 26 heavy (non-hydrogen) atoms. The molecular weight excluding hydrogens is 324 g/mol. The normalized spacial score (nSPS) is 24.2. The Labute approximate surface area is 153 Å². The highest BCUT2D eigenvalue weighted by Crippen LogP contribution is 2.25. The number of benzene rings is 1. The van der Waals surface area contributed by atoms with E-state index < -0.39 is 0 Å². The maximum atomic E-state index is 6.09. The largest absolute Gasteiger partial charge is 0.374 e. The van der Waals surface area contributed by atoms with Gasteiger partial charge < -0.3 is 9.14 Å². The lowest BCUT2D eigenvalue weighted by Gasteiger charge is -2.37. The van der Waals surface area contributed by atoms with Crippen LogP contribution in [0.5, 0.6) is 0 Å². The van der Waals surface area contributed by atoms with Gasteiger partial charge in [0.1, 0.15) is 5.65 Å². The third kappa shape index (κ3) is 3.14. The number of likely N-dealkylation sites (tertiary alicyclic amines) is 1. The molecule has 0 radical (unpaired) electrons. The molecule has 5 nitrogen and oxygen atoms in total. The number of pyridine rings is 1.